The third-order valence-corrected chi connectivity index (χ3v) is 4.09. The second-order valence-corrected chi connectivity index (χ2v) is 5.80. The molecule has 1 aromatic rings. The minimum Gasteiger partial charge on any atom is -0.492 e. The Labute approximate surface area is 122 Å². The first-order valence-electron chi connectivity index (χ1n) is 6.11. The van der Waals surface area contributed by atoms with Gasteiger partial charge in [-0.2, -0.15) is 0 Å². The molecule has 2 rings (SSSR count). The normalized spacial score (nSPS) is 18.3. The Kier molecular flexibility index (Phi) is 5.36. The number of rotatable bonds is 5. The molecule has 1 saturated heterocycles. The number of nitrogens with zero attached hydrogens (tertiary/aromatic N) is 1. The number of hydrogen-bond donors (Lipinski definition) is 1. The predicted octanol–water partition coefficient (Wildman–Crippen LogP) is 1.84. The number of carbonyl (C=O) groups excluding carboxylic acids is 1. The van der Waals surface area contributed by atoms with Gasteiger partial charge in [0.15, 0.2) is 0 Å². The van der Waals surface area contributed by atoms with Gasteiger partial charge in [-0.05, 0) is 24.3 Å². The summed E-state index contributed by atoms with van der Waals surface area (Å²) in [4.78, 5) is 13.7. The van der Waals surface area contributed by atoms with Crippen LogP contribution in [0.2, 0.25) is 5.02 Å². The highest BCUT2D eigenvalue weighted by molar-refractivity contribution is 7.99. The Bertz CT molecular complexity index is 421. The molecule has 19 heavy (non-hydrogen) atoms. The lowest BCUT2D eigenvalue weighted by molar-refractivity contribution is -0.131. The van der Waals surface area contributed by atoms with Crippen molar-refractivity contribution >= 4 is 29.3 Å². The van der Waals surface area contributed by atoms with Crippen molar-refractivity contribution in [3.8, 4) is 5.75 Å². The molecular weight excluding hydrogens is 284 g/mol. The van der Waals surface area contributed by atoms with Gasteiger partial charge in [0, 0.05) is 23.7 Å². The molecule has 0 spiro atoms. The molecule has 1 aromatic carbocycles. The van der Waals surface area contributed by atoms with Gasteiger partial charge in [-0.1, -0.05) is 11.6 Å². The van der Waals surface area contributed by atoms with E-state index in [1.807, 2.05) is 12.1 Å². The topological polar surface area (TPSA) is 41.6 Å². The van der Waals surface area contributed by atoms with Gasteiger partial charge in [-0.3, -0.25) is 10.1 Å². The fraction of sp³-hybridized carbons (Fsp3) is 0.462. The number of benzene rings is 1. The average Bonchev–Trinajstić information content (AvgIpc) is 2.94. The first-order chi connectivity index (χ1) is 9.16. The number of nitrogens with one attached hydrogen (secondary N) is 1. The number of halogens is 1. The summed E-state index contributed by atoms with van der Waals surface area (Å²) in [5.41, 5.74) is 0. The summed E-state index contributed by atoms with van der Waals surface area (Å²) in [6.07, 6.45) is 0. The Balaban J connectivity index is 1.72. The van der Waals surface area contributed by atoms with Crippen LogP contribution in [0.25, 0.3) is 0 Å². The highest BCUT2D eigenvalue weighted by atomic mass is 35.5. The maximum absolute atomic E-state index is 12.0. The minimum absolute atomic E-state index is 0.0504. The third-order valence-electron chi connectivity index (χ3n) is 2.90. The maximum Gasteiger partial charge on any atom is 0.240 e. The van der Waals surface area contributed by atoms with Crippen LogP contribution in [0.4, 0.5) is 0 Å². The molecule has 1 amide bonds. The fourth-order valence-electron chi connectivity index (χ4n) is 1.76. The first kappa shape index (κ1) is 14.5. The second kappa shape index (κ2) is 7.03. The molecule has 6 heteroatoms. The molecule has 104 valence electrons. The summed E-state index contributed by atoms with van der Waals surface area (Å²) in [7, 11) is 1.80. The highest BCUT2D eigenvalue weighted by Crippen LogP contribution is 2.15. The Morgan fingerprint density at radius 1 is 1.53 bits per heavy atom. The number of carbonyl (C=O) groups is 1. The van der Waals surface area contributed by atoms with E-state index in [1.54, 1.807) is 35.8 Å². The Morgan fingerprint density at radius 2 is 2.26 bits per heavy atom. The molecule has 0 bridgehead atoms. The lowest BCUT2D eigenvalue weighted by atomic mass is 10.3. The van der Waals surface area contributed by atoms with Gasteiger partial charge in [-0.15, -0.1) is 11.8 Å². The molecule has 1 aliphatic rings. The monoisotopic (exact) mass is 300 g/mol. The summed E-state index contributed by atoms with van der Waals surface area (Å²) in [6.45, 7) is 1.05. The minimum atomic E-state index is -0.0504. The van der Waals surface area contributed by atoms with E-state index in [0.29, 0.717) is 18.2 Å². The highest BCUT2D eigenvalue weighted by Gasteiger charge is 2.25. The van der Waals surface area contributed by atoms with Gasteiger partial charge >= 0.3 is 0 Å². The van der Waals surface area contributed by atoms with Crippen LogP contribution in [0, 0.1) is 0 Å². The summed E-state index contributed by atoms with van der Waals surface area (Å²) in [5, 5.41) is 3.85. The van der Waals surface area contributed by atoms with Crippen LogP contribution in [0.5, 0.6) is 5.75 Å². The number of ether oxygens (including phenoxy) is 1. The second-order valence-electron chi connectivity index (χ2n) is 4.33. The molecule has 0 radical (unpaired) electrons. The van der Waals surface area contributed by atoms with E-state index in [4.69, 9.17) is 16.3 Å². The van der Waals surface area contributed by atoms with Gasteiger partial charge in [-0.25, -0.2) is 0 Å². The lowest BCUT2D eigenvalue weighted by Crippen LogP contribution is -2.44. The van der Waals surface area contributed by atoms with Crippen LogP contribution >= 0.6 is 23.4 Å². The molecule has 0 saturated carbocycles. The van der Waals surface area contributed by atoms with Gasteiger partial charge in [0.1, 0.15) is 12.4 Å². The van der Waals surface area contributed by atoms with Crippen LogP contribution in [0.3, 0.4) is 0 Å². The quantitative estimate of drug-likeness (QED) is 0.901. The first-order valence-corrected chi connectivity index (χ1v) is 7.64. The van der Waals surface area contributed by atoms with Gasteiger partial charge < -0.3 is 9.64 Å². The summed E-state index contributed by atoms with van der Waals surface area (Å²) >= 11 is 7.54. The van der Waals surface area contributed by atoms with Crippen molar-refractivity contribution in [2.45, 2.75) is 6.04 Å². The molecule has 1 heterocycles. The largest absolute Gasteiger partial charge is 0.492 e. The van der Waals surface area contributed by atoms with E-state index in [2.05, 4.69) is 5.32 Å². The van der Waals surface area contributed by atoms with Crippen LogP contribution in [0.15, 0.2) is 24.3 Å². The number of amides is 1. The fourth-order valence-corrected chi connectivity index (χ4v) is 2.82. The number of thioether (sulfide) groups is 1. The molecule has 0 aromatic heterocycles. The third kappa shape index (κ3) is 4.30. The van der Waals surface area contributed by atoms with E-state index in [-0.39, 0.29) is 11.9 Å². The van der Waals surface area contributed by atoms with Crippen LogP contribution in [-0.2, 0) is 4.79 Å². The van der Waals surface area contributed by atoms with Gasteiger partial charge in [0.2, 0.25) is 5.91 Å². The van der Waals surface area contributed by atoms with E-state index < -0.39 is 0 Å². The van der Waals surface area contributed by atoms with Crippen molar-refractivity contribution in [3.05, 3.63) is 29.3 Å². The molecule has 4 nitrogen and oxygen atoms in total. The average molecular weight is 301 g/mol. The zero-order valence-corrected chi connectivity index (χ0v) is 12.3. The molecule has 1 aliphatic heterocycles. The SMILES string of the molecule is CN(CCOc1ccc(Cl)cc1)C(=O)C1CSCN1. The zero-order chi connectivity index (χ0) is 13.7. The molecule has 1 atom stereocenters. The van der Waals surface area contributed by atoms with Crippen molar-refractivity contribution in [1.82, 2.24) is 10.2 Å². The Hall–Kier alpha value is -0.910. The van der Waals surface area contributed by atoms with Crippen molar-refractivity contribution in [2.24, 2.45) is 0 Å². The van der Waals surface area contributed by atoms with Gasteiger partial charge in [0.25, 0.3) is 0 Å². The summed E-state index contributed by atoms with van der Waals surface area (Å²) in [6, 6.07) is 7.15. The molecule has 0 aliphatic carbocycles. The van der Waals surface area contributed by atoms with Crippen LogP contribution in [-0.4, -0.2) is 48.7 Å². The smallest absolute Gasteiger partial charge is 0.240 e. The molecule has 1 N–H and O–H groups in total. The molecular formula is C13H17ClN2O2S. The van der Waals surface area contributed by atoms with Crippen LogP contribution < -0.4 is 10.1 Å². The summed E-state index contributed by atoms with van der Waals surface area (Å²) < 4.78 is 5.57. The Morgan fingerprint density at radius 3 is 2.89 bits per heavy atom. The zero-order valence-electron chi connectivity index (χ0n) is 10.8. The predicted molar refractivity (Wildman–Crippen MR) is 78.8 cm³/mol. The number of hydrogen-bond acceptors (Lipinski definition) is 4. The maximum atomic E-state index is 12.0. The molecule has 1 unspecified atom stereocenters. The van der Waals surface area contributed by atoms with Gasteiger partial charge in [0.05, 0.1) is 12.6 Å². The standard InChI is InChI=1S/C13H17ClN2O2S/c1-16(13(17)12-8-19-9-15-12)6-7-18-11-4-2-10(14)3-5-11/h2-5,12,15H,6-9H2,1H3. The van der Waals surface area contributed by atoms with Crippen molar-refractivity contribution < 1.29 is 9.53 Å². The van der Waals surface area contributed by atoms with Crippen molar-refractivity contribution in [1.29, 1.82) is 0 Å². The molecule has 1 fully saturated rings. The number of likely N-dealkylation sites (N-methyl/N-ethyl adjacent to an activating group) is 1. The van der Waals surface area contributed by atoms with E-state index in [9.17, 15) is 4.79 Å². The van der Waals surface area contributed by atoms with Crippen LogP contribution in [0.1, 0.15) is 0 Å². The van der Waals surface area contributed by atoms with E-state index in [0.717, 1.165) is 17.4 Å². The lowest BCUT2D eigenvalue weighted by Gasteiger charge is -2.20. The summed E-state index contributed by atoms with van der Waals surface area (Å²) in [5.74, 6) is 2.59. The van der Waals surface area contributed by atoms with E-state index >= 15 is 0 Å². The van der Waals surface area contributed by atoms with Crippen molar-refractivity contribution in [3.63, 3.8) is 0 Å². The van der Waals surface area contributed by atoms with Crippen molar-refractivity contribution in [2.75, 3.05) is 31.8 Å². The van der Waals surface area contributed by atoms with E-state index in [1.165, 1.54) is 0 Å².